The zero-order valence-corrected chi connectivity index (χ0v) is 28.6. The Kier molecular flexibility index (Phi) is 12.4. The number of aliphatic hydroxyl groups excluding tert-OH is 1. The molecular formula is C43H44N2O6. The molecule has 6 rings (SSSR count). The van der Waals surface area contributed by atoms with Crippen LogP contribution in [0.5, 0.6) is 0 Å². The molecule has 1 amide bonds. The normalized spacial score (nSPS) is 17.3. The molecule has 1 aliphatic heterocycles. The summed E-state index contributed by atoms with van der Waals surface area (Å²) in [7, 11) is 0. The minimum Gasteiger partial charge on any atom is -0.481 e. The van der Waals surface area contributed by atoms with Crippen molar-refractivity contribution >= 4 is 11.9 Å². The number of aliphatic hydroxyl groups is 1. The Morgan fingerprint density at radius 1 is 0.667 bits per heavy atom. The number of aliphatic carboxylic acids is 1. The van der Waals surface area contributed by atoms with Gasteiger partial charge in [0.05, 0.1) is 25.2 Å². The average Bonchev–Trinajstić information content (AvgIpc) is 3.17. The highest BCUT2D eigenvalue weighted by Gasteiger charge is 2.33. The van der Waals surface area contributed by atoms with Crippen LogP contribution in [0.15, 0.2) is 133 Å². The van der Waals surface area contributed by atoms with E-state index in [1.54, 1.807) is 0 Å². The molecule has 0 aromatic heterocycles. The first kappa shape index (κ1) is 35.7. The molecule has 3 N–H and O–H groups in total. The third kappa shape index (κ3) is 10.4. The summed E-state index contributed by atoms with van der Waals surface area (Å²) in [5.41, 5.74) is 8.25. The molecule has 0 radical (unpaired) electrons. The number of hydrogen-bond acceptors (Lipinski definition) is 6. The minimum absolute atomic E-state index is 0.00914. The van der Waals surface area contributed by atoms with Crippen molar-refractivity contribution < 1.29 is 29.3 Å². The number of carbonyl (C=O) groups is 2. The number of nitrogens with one attached hydrogen (secondary N) is 1. The van der Waals surface area contributed by atoms with Gasteiger partial charge in [-0.25, -0.2) is 0 Å². The summed E-state index contributed by atoms with van der Waals surface area (Å²) in [6.45, 7) is 2.60. The van der Waals surface area contributed by atoms with Crippen molar-refractivity contribution in [2.75, 3.05) is 6.54 Å². The lowest BCUT2D eigenvalue weighted by Crippen LogP contribution is -2.39. The van der Waals surface area contributed by atoms with Gasteiger partial charge < -0.3 is 25.0 Å². The fourth-order valence-electron chi connectivity index (χ4n) is 6.39. The maximum absolute atomic E-state index is 12.0. The molecule has 5 aromatic rings. The van der Waals surface area contributed by atoms with E-state index < -0.39 is 12.3 Å². The van der Waals surface area contributed by atoms with Gasteiger partial charge in [-0.3, -0.25) is 14.5 Å². The van der Waals surface area contributed by atoms with Crippen molar-refractivity contribution in [1.82, 2.24) is 10.2 Å². The van der Waals surface area contributed by atoms with Crippen LogP contribution >= 0.6 is 0 Å². The van der Waals surface area contributed by atoms with Gasteiger partial charge in [0.2, 0.25) is 5.91 Å². The molecule has 1 heterocycles. The first-order valence-electron chi connectivity index (χ1n) is 17.4. The molecule has 1 aliphatic rings. The molecule has 262 valence electrons. The molecule has 3 atom stereocenters. The zero-order chi connectivity index (χ0) is 35.4. The van der Waals surface area contributed by atoms with Gasteiger partial charge in [0.15, 0.2) is 6.29 Å². The van der Waals surface area contributed by atoms with Crippen molar-refractivity contribution in [1.29, 1.82) is 0 Å². The van der Waals surface area contributed by atoms with Crippen LogP contribution in [0.4, 0.5) is 0 Å². The van der Waals surface area contributed by atoms with E-state index in [1.807, 2.05) is 72.8 Å². The van der Waals surface area contributed by atoms with Crippen LogP contribution in [0.25, 0.3) is 11.1 Å². The Bertz CT molecular complexity index is 1810. The summed E-state index contributed by atoms with van der Waals surface area (Å²) >= 11 is 0. The largest absolute Gasteiger partial charge is 0.481 e. The molecule has 51 heavy (non-hydrogen) atoms. The van der Waals surface area contributed by atoms with Gasteiger partial charge in [0.1, 0.15) is 0 Å². The SMILES string of the molecule is O=C(O)CCC(=O)NCc1cccc(-c2ccc([C@H]3O[C@@H](CN(Cc4ccccc4)Cc4ccccc4)C[C@@H](c4ccc(CO)cc4)O3)cc2)c1. The van der Waals surface area contributed by atoms with Gasteiger partial charge in [-0.1, -0.05) is 127 Å². The number of benzene rings is 5. The van der Waals surface area contributed by atoms with E-state index in [0.717, 1.165) is 46.5 Å². The lowest BCUT2D eigenvalue weighted by Gasteiger charge is -2.38. The highest BCUT2D eigenvalue weighted by Crippen LogP contribution is 2.39. The van der Waals surface area contributed by atoms with Crippen molar-refractivity contribution in [3.8, 4) is 11.1 Å². The number of amides is 1. The van der Waals surface area contributed by atoms with Crippen LogP contribution in [0.1, 0.15) is 65.0 Å². The minimum atomic E-state index is -0.990. The number of ether oxygens (including phenoxy) is 2. The van der Waals surface area contributed by atoms with Crippen LogP contribution in [-0.2, 0) is 45.3 Å². The van der Waals surface area contributed by atoms with Crippen LogP contribution in [0.3, 0.4) is 0 Å². The molecule has 1 fully saturated rings. The van der Waals surface area contributed by atoms with Crippen LogP contribution < -0.4 is 5.32 Å². The topological polar surface area (TPSA) is 108 Å². The smallest absolute Gasteiger partial charge is 0.303 e. The molecular weight excluding hydrogens is 640 g/mol. The van der Waals surface area contributed by atoms with Crippen molar-refractivity contribution in [3.05, 3.63) is 167 Å². The second-order valence-corrected chi connectivity index (χ2v) is 13.0. The van der Waals surface area contributed by atoms with Gasteiger partial charge in [0, 0.05) is 44.6 Å². The number of rotatable bonds is 15. The van der Waals surface area contributed by atoms with Crippen molar-refractivity contribution in [2.45, 2.75) is 64.0 Å². The van der Waals surface area contributed by atoms with E-state index in [-0.39, 0.29) is 37.6 Å². The van der Waals surface area contributed by atoms with E-state index in [0.29, 0.717) is 19.5 Å². The number of hydrogen-bond donors (Lipinski definition) is 3. The predicted octanol–water partition coefficient (Wildman–Crippen LogP) is 7.57. The van der Waals surface area contributed by atoms with Gasteiger partial charge in [0.25, 0.3) is 0 Å². The number of carboxylic acid groups (broad SMARTS) is 1. The fraction of sp³-hybridized carbons (Fsp3) is 0.256. The zero-order valence-electron chi connectivity index (χ0n) is 28.6. The summed E-state index contributed by atoms with van der Waals surface area (Å²) < 4.78 is 13.4. The second-order valence-electron chi connectivity index (χ2n) is 13.0. The highest BCUT2D eigenvalue weighted by atomic mass is 16.7. The molecule has 1 saturated heterocycles. The average molecular weight is 685 g/mol. The van der Waals surface area contributed by atoms with Gasteiger partial charge in [-0.15, -0.1) is 0 Å². The molecule has 5 aromatic carbocycles. The first-order valence-corrected chi connectivity index (χ1v) is 17.4. The van der Waals surface area contributed by atoms with Crippen LogP contribution in [0, 0.1) is 0 Å². The number of nitrogens with zero attached hydrogens (tertiary/aromatic N) is 1. The molecule has 0 unspecified atom stereocenters. The highest BCUT2D eigenvalue weighted by molar-refractivity contribution is 5.80. The maximum atomic E-state index is 12.0. The van der Waals surface area contributed by atoms with Gasteiger partial charge in [-0.2, -0.15) is 0 Å². The third-order valence-electron chi connectivity index (χ3n) is 9.07. The number of carbonyl (C=O) groups excluding carboxylic acids is 1. The predicted molar refractivity (Wildman–Crippen MR) is 196 cm³/mol. The maximum Gasteiger partial charge on any atom is 0.303 e. The Hall–Kier alpha value is -5.12. The summed E-state index contributed by atoms with van der Waals surface area (Å²) in [5.74, 6) is -1.28. The molecule has 0 aliphatic carbocycles. The molecule has 0 bridgehead atoms. The molecule has 8 nitrogen and oxygen atoms in total. The summed E-state index contributed by atoms with van der Waals surface area (Å²) in [5, 5.41) is 21.3. The number of carboxylic acids is 1. The Labute approximate surface area is 299 Å². The molecule has 8 heteroatoms. The standard InChI is InChI=1S/C43H44N2O6/c46-30-33-14-16-36(17-15-33)40-25-39(29-45(27-31-8-3-1-4-9-31)28-32-10-5-2-6-11-32)50-43(51-40)37-20-18-35(19-21-37)38-13-7-12-34(24-38)26-44-41(47)22-23-42(48)49/h1-21,24,39-40,43,46H,22-23,25-30H2,(H,44,47)(H,48,49)/t39-,40+,43+/m1/s1. The van der Waals surface area contributed by atoms with E-state index in [2.05, 4.69) is 70.9 Å². The van der Waals surface area contributed by atoms with Crippen molar-refractivity contribution in [3.63, 3.8) is 0 Å². The monoisotopic (exact) mass is 684 g/mol. The third-order valence-corrected chi connectivity index (χ3v) is 9.07. The molecule has 0 saturated carbocycles. The molecule has 0 spiro atoms. The Morgan fingerprint density at radius 3 is 1.92 bits per heavy atom. The van der Waals surface area contributed by atoms with Crippen LogP contribution in [0.2, 0.25) is 0 Å². The second kappa shape index (κ2) is 17.7. The van der Waals surface area contributed by atoms with Crippen molar-refractivity contribution in [2.24, 2.45) is 0 Å². The van der Waals surface area contributed by atoms with Gasteiger partial charge in [-0.05, 0) is 45.0 Å². The van der Waals surface area contributed by atoms with Crippen LogP contribution in [-0.4, -0.2) is 39.6 Å². The van der Waals surface area contributed by atoms with E-state index in [9.17, 15) is 14.7 Å². The summed E-state index contributed by atoms with van der Waals surface area (Å²) in [6.07, 6.45) is -0.436. The Morgan fingerprint density at radius 2 is 1.29 bits per heavy atom. The summed E-state index contributed by atoms with van der Waals surface area (Å²) in [6, 6.07) is 45.1. The van der Waals surface area contributed by atoms with Gasteiger partial charge >= 0.3 is 5.97 Å². The van der Waals surface area contributed by atoms with E-state index in [4.69, 9.17) is 14.6 Å². The quantitative estimate of drug-likeness (QED) is 0.104. The van der Waals surface area contributed by atoms with E-state index in [1.165, 1.54) is 11.1 Å². The lowest BCUT2D eigenvalue weighted by molar-refractivity contribution is -0.253. The first-order chi connectivity index (χ1) is 24.9. The fourth-order valence-corrected chi connectivity index (χ4v) is 6.39. The lowest BCUT2D eigenvalue weighted by atomic mass is 9.98. The van der Waals surface area contributed by atoms with E-state index >= 15 is 0 Å². The summed E-state index contributed by atoms with van der Waals surface area (Å²) in [4.78, 5) is 25.3. The Balaban J connectivity index is 1.20.